The Morgan fingerprint density at radius 3 is 2.48 bits per heavy atom. The number of amides is 1. The van der Waals surface area contributed by atoms with E-state index in [-0.39, 0.29) is 34.7 Å². The molecule has 0 bridgehead atoms. The van der Waals surface area contributed by atoms with Crippen LogP contribution in [-0.4, -0.2) is 87.0 Å². The average molecular weight is 608 g/mol. The predicted octanol–water partition coefficient (Wildman–Crippen LogP) is 4.20. The molecule has 0 spiro atoms. The number of nitrogens with zero attached hydrogens (tertiary/aromatic N) is 6. The van der Waals surface area contributed by atoms with E-state index in [9.17, 15) is 27.2 Å². The molecule has 0 saturated carbocycles. The first kappa shape index (κ1) is 29.8. The Labute approximate surface area is 243 Å². The van der Waals surface area contributed by atoms with E-state index in [1.807, 2.05) is 9.80 Å². The highest BCUT2D eigenvalue weighted by atomic mass is 32.1. The number of hydrogen-bond donors (Lipinski definition) is 2. The van der Waals surface area contributed by atoms with Gasteiger partial charge < -0.3 is 10.0 Å². The van der Waals surface area contributed by atoms with Gasteiger partial charge in [-0.3, -0.25) is 24.7 Å². The van der Waals surface area contributed by atoms with Crippen molar-refractivity contribution in [2.75, 3.05) is 49.5 Å². The molecule has 2 aliphatic heterocycles. The zero-order chi connectivity index (χ0) is 30.0. The maximum absolute atomic E-state index is 14.3. The van der Waals surface area contributed by atoms with Crippen LogP contribution in [0.15, 0.2) is 30.6 Å². The lowest BCUT2D eigenvalue weighted by atomic mass is 10.1. The normalized spacial score (nSPS) is 18.4. The van der Waals surface area contributed by atoms with Crippen molar-refractivity contribution in [3.63, 3.8) is 0 Å². The summed E-state index contributed by atoms with van der Waals surface area (Å²) in [5, 5.41) is 11.8. The third-order valence-electron chi connectivity index (χ3n) is 7.38. The van der Waals surface area contributed by atoms with Crippen LogP contribution in [0.25, 0.3) is 11.3 Å². The highest BCUT2D eigenvalue weighted by molar-refractivity contribution is 7.16. The number of likely N-dealkylation sites (tertiary alicyclic amines) is 1. The minimum atomic E-state index is -4.73. The summed E-state index contributed by atoms with van der Waals surface area (Å²) < 4.78 is 54.6. The number of carboxylic acids is 1. The molecule has 2 aromatic heterocycles. The summed E-state index contributed by atoms with van der Waals surface area (Å²) in [7, 11) is 0. The highest BCUT2D eigenvalue weighted by Gasteiger charge is 2.32. The first-order chi connectivity index (χ1) is 20.0. The van der Waals surface area contributed by atoms with E-state index in [4.69, 9.17) is 5.11 Å². The first-order valence-corrected chi connectivity index (χ1v) is 14.2. The molecule has 1 amide bonds. The van der Waals surface area contributed by atoms with Gasteiger partial charge in [0.05, 0.1) is 30.2 Å². The van der Waals surface area contributed by atoms with Crippen LogP contribution in [0, 0.1) is 5.82 Å². The van der Waals surface area contributed by atoms with Gasteiger partial charge in [-0.2, -0.15) is 13.2 Å². The molecular weight excluding hydrogens is 578 g/mol. The molecule has 2 aliphatic rings. The van der Waals surface area contributed by atoms with E-state index in [0.29, 0.717) is 49.5 Å². The summed E-state index contributed by atoms with van der Waals surface area (Å²) >= 11 is 1.12. The molecule has 224 valence electrons. The SMILES string of the molecule is CC1CCCN1Cc1sc(NC(=O)c2cnc(N3CCN(CC(=O)O)CC3)cn2)nc1-c1cc(F)cc(C(F)(F)F)c1. The number of alkyl halides is 3. The van der Waals surface area contributed by atoms with Gasteiger partial charge in [0, 0.05) is 49.2 Å². The van der Waals surface area contributed by atoms with Crippen molar-refractivity contribution in [2.24, 2.45) is 0 Å². The molecule has 10 nitrogen and oxygen atoms in total. The van der Waals surface area contributed by atoms with Crippen molar-refractivity contribution < 1.29 is 32.3 Å². The number of rotatable bonds is 8. The van der Waals surface area contributed by atoms with Gasteiger partial charge in [0.1, 0.15) is 17.3 Å². The van der Waals surface area contributed by atoms with Crippen molar-refractivity contribution in [3.8, 4) is 11.3 Å². The predicted molar refractivity (Wildman–Crippen MR) is 148 cm³/mol. The largest absolute Gasteiger partial charge is 0.480 e. The maximum Gasteiger partial charge on any atom is 0.416 e. The van der Waals surface area contributed by atoms with Crippen LogP contribution in [0.3, 0.4) is 0 Å². The molecule has 3 aromatic rings. The lowest BCUT2D eigenvalue weighted by molar-refractivity contribution is -0.139. The van der Waals surface area contributed by atoms with E-state index in [0.717, 1.165) is 42.9 Å². The number of aromatic nitrogens is 3. The number of thiazole rings is 1. The van der Waals surface area contributed by atoms with Crippen molar-refractivity contribution in [2.45, 2.75) is 38.5 Å². The fraction of sp³-hybridized carbons (Fsp3) is 0.444. The van der Waals surface area contributed by atoms with Crippen LogP contribution in [0.4, 0.5) is 28.5 Å². The van der Waals surface area contributed by atoms with E-state index in [1.165, 1.54) is 12.4 Å². The van der Waals surface area contributed by atoms with Crippen LogP contribution in [0.2, 0.25) is 0 Å². The van der Waals surface area contributed by atoms with Gasteiger partial charge in [-0.05, 0) is 44.5 Å². The van der Waals surface area contributed by atoms with Crippen LogP contribution < -0.4 is 10.2 Å². The Bertz CT molecular complexity index is 1440. The number of benzene rings is 1. The highest BCUT2D eigenvalue weighted by Crippen LogP contribution is 2.37. The number of piperazine rings is 1. The molecule has 42 heavy (non-hydrogen) atoms. The molecule has 4 heterocycles. The fourth-order valence-corrected chi connectivity index (χ4v) is 6.13. The fourth-order valence-electron chi connectivity index (χ4n) is 5.13. The quantitative estimate of drug-likeness (QED) is 0.364. The van der Waals surface area contributed by atoms with Gasteiger partial charge >= 0.3 is 12.1 Å². The van der Waals surface area contributed by atoms with Gasteiger partial charge in [-0.1, -0.05) is 11.3 Å². The molecule has 2 saturated heterocycles. The van der Waals surface area contributed by atoms with Crippen LogP contribution in [0.5, 0.6) is 0 Å². The molecule has 2 N–H and O–H groups in total. The Kier molecular flexibility index (Phi) is 8.70. The Balaban J connectivity index is 1.34. The number of carboxylic acid groups (broad SMARTS) is 1. The van der Waals surface area contributed by atoms with E-state index in [2.05, 4.69) is 32.1 Å². The van der Waals surface area contributed by atoms with Gasteiger partial charge in [0.25, 0.3) is 5.91 Å². The molecular formula is C27H29F4N7O3S. The van der Waals surface area contributed by atoms with E-state index < -0.39 is 29.4 Å². The molecule has 1 atom stereocenters. The molecule has 0 aliphatic carbocycles. The second-order valence-corrected chi connectivity index (χ2v) is 11.4. The van der Waals surface area contributed by atoms with Crippen LogP contribution >= 0.6 is 11.3 Å². The second-order valence-electron chi connectivity index (χ2n) is 10.3. The zero-order valence-corrected chi connectivity index (χ0v) is 23.5. The second kappa shape index (κ2) is 12.3. The first-order valence-electron chi connectivity index (χ1n) is 13.4. The van der Waals surface area contributed by atoms with Gasteiger partial charge in [0.2, 0.25) is 0 Å². The molecule has 15 heteroatoms. The number of halogens is 4. The number of hydrogen-bond acceptors (Lipinski definition) is 9. The summed E-state index contributed by atoms with van der Waals surface area (Å²) in [6.07, 6.45) is 0.0231. The molecule has 1 aromatic carbocycles. The van der Waals surface area contributed by atoms with E-state index in [1.54, 1.807) is 0 Å². The topological polar surface area (TPSA) is 115 Å². The maximum atomic E-state index is 14.3. The monoisotopic (exact) mass is 607 g/mol. The Morgan fingerprint density at radius 2 is 1.86 bits per heavy atom. The third kappa shape index (κ3) is 7.02. The molecule has 0 radical (unpaired) electrons. The van der Waals surface area contributed by atoms with Gasteiger partial charge in [0.15, 0.2) is 5.13 Å². The Morgan fingerprint density at radius 1 is 1.10 bits per heavy atom. The summed E-state index contributed by atoms with van der Waals surface area (Å²) in [6, 6.07) is 2.59. The number of anilines is 2. The molecule has 1 unspecified atom stereocenters. The van der Waals surface area contributed by atoms with Gasteiger partial charge in [-0.25, -0.2) is 19.3 Å². The lowest BCUT2D eigenvalue weighted by Crippen LogP contribution is -2.48. The van der Waals surface area contributed by atoms with Crippen molar-refractivity contribution in [1.29, 1.82) is 0 Å². The van der Waals surface area contributed by atoms with E-state index >= 15 is 0 Å². The van der Waals surface area contributed by atoms with Crippen molar-refractivity contribution >= 4 is 34.2 Å². The zero-order valence-electron chi connectivity index (χ0n) is 22.7. The molecule has 5 rings (SSSR count). The number of carbonyl (C=O) groups is 2. The van der Waals surface area contributed by atoms with Crippen LogP contribution in [-0.2, 0) is 17.5 Å². The third-order valence-corrected chi connectivity index (χ3v) is 8.34. The standard InChI is InChI=1S/C27H29F4N7O3S/c1-16-3-2-4-38(16)14-21-24(17-9-18(27(29,30)31)11-19(28)10-17)34-26(42-21)35-25(41)20-12-33-22(13-32-20)37-7-5-36(6-8-37)15-23(39)40/h9-13,16H,2-8,14-15H2,1H3,(H,39,40)(H,34,35,41). The lowest BCUT2D eigenvalue weighted by Gasteiger charge is -2.34. The van der Waals surface area contributed by atoms with Crippen molar-refractivity contribution in [1.82, 2.24) is 24.8 Å². The average Bonchev–Trinajstić information content (AvgIpc) is 3.53. The summed E-state index contributed by atoms with van der Waals surface area (Å²) in [4.78, 5) is 43.4. The summed E-state index contributed by atoms with van der Waals surface area (Å²) in [5.41, 5.74) is -0.938. The smallest absolute Gasteiger partial charge is 0.416 e. The minimum Gasteiger partial charge on any atom is -0.480 e. The summed E-state index contributed by atoms with van der Waals surface area (Å²) in [6.45, 7) is 5.47. The minimum absolute atomic E-state index is 0.0137. The van der Waals surface area contributed by atoms with Crippen molar-refractivity contribution in [3.05, 3.63) is 52.5 Å². The molecule has 2 fully saturated rings. The Hall–Kier alpha value is -3.69. The number of nitrogens with one attached hydrogen (secondary N) is 1. The number of aliphatic carboxylic acids is 1. The van der Waals surface area contributed by atoms with Gasteiger partial charge in [-0.15, -0.1) is 0 Å². The number of carbonyl (C=O) groups excluding carboxylic acids is 1. The van der Waals surface area contributed by atoms with Crippen LogP contribution in [0.1, 0.15) is 40.7 Å². The summed E-state index contributed by atoms with van der Waals surface area (Å²) in [5.74, 6) is -1.97.